The highest BCUT2D eigenvalue weighted by molar-refractivity contribution is 6.04. The number of rotatable bonds is 4. The first kappa shape index (κ1) is 16.2. The van der Waals surface area contributed by atoms with Gasteiger partial charge in [-0.1, -0.05) is 24.3 Å². The van der Waals surface area contributed by atoms with Crippen LogP contribution in [0.3, 0.4) is 0 Å². The zero-order valence-electron chi connectivity index (χ0n) is 13.2. The number of amides is 2. The Morgan fingerprint density at radius 2 is 1.20 bits per heavy atom. The second-order valence-corrected chi connectivity index (χ2v) is 5.74. The van der Waals surface area contributed by atoms with Gasteiger partial charge >= 0.3 is 0 Å². The maximum absolute atomic E-state index is 12.3. The molecule has 1 saturated carbocycles. The van der Waals surface area contributed by atoms with Gasteiger partial charge in [-0.15, -0.1) is 0 Å². The van der Waals surface area contributed by atoms with Crippen LogP contribution in [0.1, 0.15) is 17.5 Å². The second-order valence-electron chi connectivity index (χ2n) is 5.74. The number of hydrogen-bond acceptors (Lipinski definition) is 4. The molecular weight excluding hydrogens is 316 g/mol. The molecule has 2 N–H and O–H groups in total. The summed E-state index contributed by atoms with van der Waals surface area (Å²) in [6, 6.07) is 17.5. The normalized spacial score (nSPS) is 17.7. The topological polar surface area (TPSA) is 106 Å². The first-order chi connectivity index (χ1) is 12.1. The summed E-state index contributed by atoms with van der Waals surface area (Å²) in [5.74, 6) is -1.42. The van der Waals surface area contributed by atoms with E-state index in [1.165, 1.54) is 0 Å². The molecule has 0 bridgehead atoms. The second kappa shape index (κ2) is 6.86. The predicted octanol–water partition coefficient (Wildman–Crippen LogP) is 2.64. The number of carbonyl (C=O) groups excluding carboxylic acids is 2. The molecule has 3 rings (SSSR count). The van der Waals surface area contributed by atoms with Crippen LogP contribution in [0.4, 0.5) is 11.4 Å². The van der Waals surface area contributed by atoms with Crippen molar-refractivity contribution in [3.8, 4) is 12.1 Å². The summed E-state index contributed by atoms with van der Waals surface area (Å²) >= 11 is 0. The van der Waals surface area contributed by atoms with Crippen molar-refractivity contribution >= 4 is 23.2 Å². The molecule has 0 heterocycles. The molecule has 0 aromatic heterocycles. The van der Waals surface area contributed by atoms with Crippen LogP contribution in [-0.2, 0) is 9.59 Å². The minimum atomic E-state index is -0.430. The molecule has 6 heteroatoms. The Labute approximate surface area is 144 Å². The minimum absolute atomic E-state index is 0.281. The van der Waals surface area contributed by atoms with Crippen molar-refractivity contribution in [2.75, 3.05) is 10.6 Å². The molecule has 1 fully saturated rings. The van der Waals surface area contributed by atoms with E-state index in [1.54, 1.807) is 48.5 Å². The minimum Gasteiger partial charge on any atom is -0.325 e. The van der Waals surface area contributed by atoms with Crippen molar-refractivity contribution in [1.82, 2.24) is 0 Å². The standard InChI is InChI=1S/C19H14N4O2/c20-10-12-5-1-3-7-16(12)22-18(24)14-9-15(14)19(25)23-17-8-4-2-6-13(17)11-21/h1-8,14-15H,9H2,(H,22,24)(H,23,25). The van der Waals surface area contributed by atoms with Crippen molar-refractivity contribution in [2.45, 2.75) is 6.42 Å². The molecule has 2 atom stereocenters. The summed E-state index contributed by atoms with van der Waals surface area (Å²) in [7, 11) is 0. The Morgan fingerprint density at radius 1 is 0.800 bits per heavy atom. The van der Waals surface area contributed by atoms with Crippen molar-refractivity contribution in [2.24, 2.45) is 11.8 Å². The van der Waals surface area contributed by atoms with Gasteiger partial charge in [0.15, 0.2) is 0 Å². The quantitative estimate of drug-likeness (QED) is 0.898. The predicted molar refractivity (Wildman–Crippen MR) is 91.2 cm³/mol. The molecule has 122 valence electrons. The van der Waals surface area contributed by atoms with Crippen molar-refractivity contribution in [3.63, 3.8) is 0 Å². The summed E-state index contributed by atoms with van der Waals surface area (Å²) in [6.45, 7) is 0. The van der Waals surface area contributed by atoms with Crippen molar-refractivity contribution in [3.05, 3.63) is 59.7 Å². The van der Waals surface area contributed by atoms with E-state index >= 15 is 0 Å². The maximum atomic E-state index is 12.3. The fraction of sp³-hybridized carbons (Fsp3) is 0.158. The van der Waals surface area contributed by atoms with Crippen LogP contribution >= 0.6 is 0 Å². The average molecular weight is 330 g/mol. The van der Waals surface area contributed by atoms with Gasteiger partial charge < -0.3 is 10.6 Å². The van der Waals surface area contributed by atoms with E-state index in [0.29, 0.717) is 28.9 Å². The van der Waals surface area contributed by atoms with Gasteiger partial charge in [-0.25, -0.2) is 0 Å². The number of para-hydroxylation sites is 2. The molecule has 1 aliphatic carbocycles. The van der Waals surface area contributed by atoms with Gasteiger partial charge in [-0.2, -0.15) is 10.5 Å². The fourth-order valence-corrected chi connectivity index (χ4v) is 2.60. The van der Waals surface area contributed by atoms with Crippen molar-refractivity contribution in [1.29, 1.82) is 10.5 Å². The van der Waals surface area contributed by atoms with Gasteiger partial charge in [0.25, 0.3) is 0 Å². The van der Waals surface area contributed by atoms with Crippen LogP contribution < -0.4 is 10.6 Å². The summed E-state index contributed by atoms with van der Waals surface area (Å²) in [6.07, 6.45) is 0.446. The zero-order valence-corrected chi connectivity index (χ0v) is 13.2. The maximum Gasteiger partial charge on any atom is 0.228 e. The molecule has 25 heavy (non-hydrogen) atoms. The molecular formula is C19H14N4O2. The first-order valence-electron chi connectivity index (χ1n) is 7.74. The molecule has 2 unspecified atom stereocenters. The number of nitrogens with one attached hydrogen (secondary N) is 2. The lowest BCUT2D eigenvalue weighted by molar-refractivity contribution is -0.122. The molecule has 2 aromatic rings. The molecule has 0 spiro atoms. The highest BCUT2D eigenvalue weighted by atomic mass is 16.2. The average Bonchev–Trinajstić information content (AvgIpc) is 3.43. The number of carbonyl (C=O) groups is 2. The van der Waals surface area contributed by atoms with Crippen LogP contribution in [0.25, 0.3) is 0 Å². The van der Waals surface area contributed by atoms with E-state index < -0.39 is 11.8 Å². The van der Waals surface area contributed by atoms with E-state index in [2.05, 4.69) is 10.6 Å². The third kappa shape index (κ3) is 3.49. The lowest BCUT2D eigenvalue weighted by Crippen LogP contribution is -2.21. The van der Waals surface area contributed by atoms with E-state index in [0.717, 1.165) is 0 Å². The summed E-state index contributed by atoms with van der Waals surface area (Å²) in [5, 5.41) is 23.5. The molecule has 2 amide bonds. The third-order valence-corrected chi connectivity index (χ3v) is 4.07. The number of anilines is 2. The van der Waals surface area contributed by atoms with Crippen LogP contribution in [0.2, 0.25) is 0 Å². The summed E-state index contributed by atoms with van der Waals surface area (Å²) in [4.78, 5) is 24.6. The Kier molecular flexibility index (Phi) is 4.45. The number of hydrogen-bond donors (Lipinski definition) is 2. The number of nitriles is 2. The summed E-state index contributed by atoms with van der Waals surface area (Å²) in [5.41, 5.74) is 1.63. The number of benzene rings is 2. The Hall–Kier alpha value is -3.64. The Morgan fingerprint density at radius 3 is 1.60 bits per heavy atom. The van der Waals surface area contributed by atoms with Crippen LogP contribution in [-0.4, -0.2) is 11.8 Å². The Bertz CT molecular complexity index is 848. The third-order valence-electron chi connectivity index (χ3n) is 4.07. The Balaban J connectivity index is 1.62. The van der Waals surface area contributed by atoms with Gasteiger partial charge in [-0.3, -0.25) is 9.59 Å². The molecule has 2 aromatic carbocycles. The lowest BCUT2D eigenvalue weighted by atomic mass is 10.1. The smallest absolute Gasteiger partial charge is 0.228 e. The molecule has 0 radical (unpaired) electrons. The van der Waals surface area contributed by atoms with Crippen LogP contribution in [0.15, 0.2) is 48.5 Å². The molecule has 0 saturated heterocycles. The van der Waals surface area contributed by atoms with Crippen molar-refractivity contribution < 1.29 is 9.59 Å². The molecule has 1 aliphatic rings. The first-order valence-corrected chi connectivity index (χ1v) is 7.74. The van der Waals surface area contributed by atoms with Gasteiger partial charge in [0.2, 0.25) is 11.8 Å². The lowest BCUT2D eigenvalue weighted by Gasteiger charge is -2.08. The molecule has 0 aliphatic heterocycles. The van der Waals surface area contributed by atoms with E-state index in [1.807, 2.05) is 12.1 Å². The van der Waals surface area contributed by atoms with Gasteiger partial charge in [-0.05, 0) is 30.7 Å². The SMILES string of the molecule is N#Cc1ccccc1NC(=O)C1CC1C(=O)Nc1ccccc1C#N. The van der Waals surface area contributed by atoms with E-state index in [-0.39, 0.29) is 11.8 Å². The summed E-state index contributed by atoms with van der Waals surface area (Å²) < 4.78 is 0. The van der Waals surface area contributed by atoms with Gasteiger partial charge in [0.05, 0.1) is 34.3 Å². The molecule has 6 nitrogen and oxygen atoms in total. The highest BCUT2D eigenvalue weighted by Gasteiger charge is 2.48. The van der Waals surface area contributed by atoms with E-state index in [4.69, 9.17) is 10.5 Å². The van der Waals surface area contributed by atoms with E-state index in [9.17, 15) is 9.59 Å². The monoisotopic (exact) mass is 330 g/mol. The highest BCUT2D eigenvalue weighted by Crippen LogP contribution is 2.40. The van der Waals surface area contributed by atoms with Crippen LogP contribution in [0.5, 0.6) is 0 Å². The largest absolute Gasteiger partial charge is 0.325 e. The van der Waals surface area contributed by atoms with Crippen LogP contribution in [0, 0.1) is 34.5 Å². The van der Waals surface area contributed by atoms with Gasteiger partial charge in [0, 0.05) is 0 Å². The zero-order chi connectivity index (χ0) is 17.8. The number of nitrogens with zero attached hydrogens (tertiary/aromatic N) is 2. The van der Waals surface area contributed by atoms with Gasteiger partial charge in [0.1, 0.15) is 12.1 Å². The fourth-order valence-electron chi connectivity index (χ4n) is 2.60.